The van der Waals surface area contributed by atoms with E-state index >= 15 is 0 Å². The summed E-state index contributed by atoms with van der Waals surface area (Å²) in [6.07, 6.45) is 1.39. The van der Waals surface area contributed by atoms with Crippen LogP contribution >= 0.6 is 24.0 Å². The molecule has 0 aromatic heterocycles. The summed E-state index contributed by atoms with van der Waals surface area (Å²) < 4.78 is 39.4. The standard InChI is InChI=1S/C18H25F2N3O4.HI/c1-21-18(23-8-6-13(7-9-23)16(24)26-3)22-11-12-4-5-14(25-2)15(10-12)27-17(19)20;/h4-5,10,13,17H,6-9,11H2,1-3H3,(H,21,22);1H. The number of halogens is 3. The topological polar surface area (TPSA) is 72.4 Å². The van der Waals surface area contributed by atoms with Crippen molar-refractivity contribution in [2.45, 2.75) is 26.0 Å². The minimum atomic E-state index is -2.93. The van der Waals surface area contributed by atoms with Crippen LogP contribution in [-0.2, 0) is 16.1 Å². The molecule has 1 aromatic rings. The van der Waals surface area contributed by atoms with Crippen LogP contribution in [0.25, 0.3) is 0 Å². The molecule has 1 aromatic carbocycles. The number of aliphatic imine (C=N–C) groups is 1. The molecule has 158 valence electrons. The maximum Gasteiger partial charge on any atom is 0.387 e. The fourth-order valence-electron chi connectivity index (χ4n) is 3.03. The first-order valence-electron chi connectivity index (χ1n) is 8.63. The summed E-state index contributed by atoms with van der Waals surface area (Å²) in [4.78, 5) is 17.9. The van der Waals surface area contributed by atoms with Crippen molar-refractivity contribution < 1.29 is 27.8 Å². The Morgan fingerprint density at radius 1 is 1.29 bits per heavy atom. The lowest BCUT2D eigenvalue weighted by Gasteiger charge is -2.33. The van der Waals surface area contributed by atoms with Crippen molar-refractivity contribution in [1.29, 1.82) is 0 Å². The fourth-order valence-corrected chi connectivity index (χ4v) is 3.03. The van der Waals surface area contributed by atoms with Crippen LogP contribution in [0.1, 0.15) is 18.4 Å². The Bertz CT molecular complexity index is 668. The summed E-state index contributed by atoms with van der Waals surface area (Å²) >= 11 is 0. The quantitative estimate of drug-likeness (QED) is 0.273. The predicted molar refractivity (Wildman–Crippen MR) is 112 cm³/mol. The fraction of sp³-hybridized carbons (Fsp3) is 0.556. The van der Waals surface area contributed by atoms with Crippen molar-refractivity contribution in [2.75, 3.05) is 34.4 Å². The van der Waals surface area contributed by atoms with Crippen molar-refractivity contribution >= 4 is 35.9 Å². The van der Waals surface area contributed by atoms with Crippen LogP contribution in [0.4, 0.5) is 8.78 Å². The van der Waals surface area contributed by atoms with E-state index in [4.69, 9.17) is 9.47 Å². The SMILES string of the molecule is CN=C(NCc1ccc(OC)c(OC(F)F)c1)N1CCC(C(=O)OC)CC1.I. The van der Waals surface area contributed by atoms with E-state index in [-0.39, 0.29) is 47.4 Å². The highest BCUT2D eigenvalue weighted by molar-refractivity contribution is 14.0. The lowest BCUT2D eigenvalue weighted by molar-refractivity contribution is -0.146. The molecule has 0 saturated carbocycles. The van der Waals surface area contributed by atoms with Gasteiger partial charge in [0, 0.05) is 26.7 Å². The van der Waals surface area contributed by atoms with Crippen molar-refractivity contribution in [3.63, 3.8) is 0 Å². The van der Waals surface area contributed by atoms with Crippen molar-refractivity contribution in [1.82, 2.24) is 10.2 Å². The Morgan fingerprint density at radius 2 is 1.96 bits per heavy atom. The number of rotatable bonds is 6. The van der Waals surface area contributed by atoms with Crippen molar-refractivity contribution in [2.24, 2.45) is 10.9 Å². The molecule has 1 saturated heterocycles. The zero-order valence-corrected chi connectivity index (χ0v) is 18.4. The minimum Gasteiger partial charge on any atom is -0.493 e. The average Bonchev–Trinajstić information content (AvgIpc) is 2.68. The molecule has 1 fully saturated rings. The largest absolute Gasteiger partial charge is 0.493 e. The summed E-state index contributed by atoms with van der Waals surface area (Å²) in [5.74, 6) is 0.654. The van der Waals surface area contributed by atoms with Gasteiger partial charge in [0.15, 0.2) is 17.5 Å². The average molecular weight is 513 g/mol. The van der Waals surface area contributed by atoms with E-state index in [9.17, 15) is 13.6 Å². The van der Waals surface area contributed by atoms with Crippen LogP contribution in [-0.4, -0.2) is 57.8 Å². The van der Waals surface area contributed by atoms with Gasteiger partial charge >= 0.3 is 12.6 Å². The Labute approximate surface area is 180 Å². The summed E-state index contributed by atoms with van der Waals surface area (Å²) in [7, 11) is 4.47. The van der Waals surface area contributed by atoms with Gasteiger partial charge in [-0.2, -0.15) is 8.78 Å². The number of guanidine groups is 1. The monoisotopic (exact) mass is 513 g/mol. The number of ether oxygens (including phenoxy) is 3. The number of alkyl halides is 2. The second-order valence-corrected chi connectivity index (χ2v) is 6.05. The highest BCUT2D eigenvalue weighted by atomic mass is 127. The second-order valence-electron chi connectivity index (χ2n) is 6.05. The summed E-state index contributed by atoms with van der Waals surface area (Å²) in [6, 6.07) is 4.86. The Hall–Kier alpha value is -1.85. The van der Waals surface area contributed by atoms with Crippen LogP contribution in [0.3, 0.4) is 0 Å². The van der Waals surface area contributed by atoms with Crippen LogP contribution in [0.15, 0.2) is 23.2 Å². The van der Waals surface area contributed by atoms with Crippen molar-refractivity contribution in [3.8, 4) is 11.5 Å². The molecule has 2 rings (SSSR count). The highest BCUT2D eigenvalue weighted by Crippen LogP contribution is 2.29. The van der Waals surface area contributed by atoms with E-state index in [1.165, 1.54) is 20.3 Å². The van der Waals surface area contributed by atoms with Gasteiger partial charge in [0.25, 0.3) is 0 Å². The first-order chi connectivity index (χ1) is 13.0. The van der Waals surface area contributed by atoms with E-state index in [0.29, 0.717) is 38.4 Å². The van der Waals surface area contributed by atoms with Gasteiger partial charge in [0.2, 0.25) is 0 Å². The lowest BCUT2D eigenvalue weighted by Crippen LogP contribution is -2.46. The number of hydrogen-bond acceptors (Lipinski definition) is 5. The summed E-state index contributed by atoms with van der Waals surface area (Å²) in [5, 5.41) is 3.21. The first-order valence-corrected chi connectivity index (χ1v) is 8.63. The van der Waals surface area contributed by atoms with Crippen LogP contribution in [0.5, 0.6) is 11.5 Å². The molecule has 1 N–H and O–H groups in total. The molecule has 28 heavy (non-hydrogen) atoms. The highest BCUT2D eigenvalue weighted by Gasteiger charge is 2.26. The number of carbonyl (C=O) groups is 1. The number of esters is 1. The molecule has 7 nitrogen and oxygen atoms in total. The number of piperidine rings is 1. The maximum atomic E-state index is 12.5. The van der Waals surface area contributed by atoms with Crippen LogP contribution in [0, 0.1) is 5.92 Å². The molecular formula is C18H26F2IN3O4. The normalized spacial score (nSPS) is 15.1. The van der Waals surface area contributed by atoms with E-state index in [1.54, 1.807) is 19.2 Å². The van der Waals surface area contributed by atoms with Gasteiger partial charge in [0.1, 0.15) is 0 Å². The number of methoxy groups -OCH3 is 2. The van der Waals surface area contributed by atoms with Crippen molar-refractivity contribution in [3.05, 3.63) is 23.8 Å². The van der Waals surface area contributed by atoms with Gasteiger partial charge in [-0.25, -0.2) is 0 Å². The zero-order chi connectivity index (χ0) is 19.8. The number of hydrogen-bond donors (Lipinski definition) is 1. The van der Waals surface area contributed by atoms with Gasteiger partial charge in [-0.05, 0) is 30.5 Å². The first kappa shape index (κ1) is 24.2. The number of likely N-dealkylation sites (tertiary alicyclic amines) is 1. The number of carbonyl (C=O) groups excluding carboxylic acids is 1. The second kappa shape index (κ2) is 11.9. The molecular weight excluding hydrogens is 487 g/mol. The molecule has 1 heterocycles. The summed E-state index contributed by atoms with van der Waals surface area (Å²) in [6.45, 7) is -1.18. The van der Waals surface area contributed by atoms with Gasteiger partial charge in [-0.3, -0.25) is 9.79 Å². The van der Waals surface area contributed by atoms with Gasteiger partial charge in [-0.1, -0.05) is 6.07 Å². The third-order valence-electron chi connectivity index (χ3n) is 4.44. The predicted octanol–water partition coefficient (Wildman–Crippen LogP) is 2.88. The third kappa shape index (κ3) is 6.64. The molecule has 0 spiro atoms. The van der Waals surface area contributed by atoms with Gasteiger partial charge < -0.3 is 24.4 Å². The lowest BCUT2D eigenvalue weighted by atomic mass is 9.97. The van der Waals surface area contributed by atoms with E-state index in [2.05, 4.69) is 19.9 Å². The molecule has 0 unspecified atom stereocenters. The minimum absolute atomic E-state index is 0. The van der Waals surface area contributed by atoms with E-state index in [1.807, 2.05) is 0 Å². The molecule has 0 atom stereocenters. The Kier molecular flexibility index (Phi) is 10.3. The molecule has 0 aliphatic carbocycles. The number of nitrogens with one attached hydrogen (secondary N) is 1. The number of benzene rings is 1. The zero-order valence-electron chi connectivity index (χ0n) is 16.1. The molecule has 0 amide bonds. The van der Waals surface area contributed by atoms with Crippen LogP contribution in [0.2, 0.25) is 0 Å². The smallest absolute Gasteiger partial charge is 0.387 e. The van der Waals surface area contributed by atoms with E-state index < -0.39 is 6.61 Å². The molecule has 10 heteroatoms. The van der Waals surface area contributed by atoms with Crippen LogP contribution < -0.4 is 14.8 Å². The van der Waals surface area contributed by atoms with E-state index in [0.717, 1.165) is 5.56 Å². The molecule has 0 radical (unpaired) electrons. The van der Waals surface area contributed by atoms with Gasteiger partial charge in [0.05, 0.1) is 20.1 Å². The Morgan fingerprint density at radius 3 is 2.50 bits per heavy atom. The van der Waals surface area contributed by atoms with Gasteiger partial charge in [-0.15, -0.1) is 24.0 Å². The third-order valence-corrected chi connectivity index (χ3v) is 4.44. The molecule has 1 aliphatic heterocycles. The molecule has 0 bridgehead atoms. The molecule has 1 aliphatic rings. The maximum absolute atomic E-state index is 12.5. The summed E-state index contributed by atoms with van der Waals surface area (Å²) in [5.41, 5.74) is 0.747. The Balaban J connectivity index is 0.00000392. The number of nitrogens with zero attached hydrogens (tertiary/aromatic N) is 2.